The molecule has 3 aromatic carbocycles. The fraction of sp³-hybridized carbons (Fsp3) is 0.385. The first-order chi connectivity index (χ1) is 14.3. The highest BCUT2D eigenvalue weighted by molar-refractivity contribution is 5.85. The van der Waals surface area contributed by atoms with E-state index in [1.165, 1.54) is 30.2 Å². The number of hydrogen-bond acceptors (Lipinski definition) is 2. The first-order valence-corrected chi connectivity index (χ1v) is 10.9. The van der Waals surface area contributed by atoms with Crippen molar-refractivity contribution in [1.82, 2.24) is 10.2 Å². The minimum Gasteiger partial charge on any atom is -0.313 e. The van der Waals surface area contributed by atoms with Gasteiger partial charge in [-0.1, -0.05) is 54.6 Å². The molecule has 2 nitrogen and oxygen atoms in total. The van der Waals surface area contributed by atoms with E-state index < -0.39 is 0 Å². The monoisotopic (exact) mass is 388 g/mol. The fourth-order valence-corrected chi connectivity index (χ4v) is 4.88. The number of benzene rings is 3. The van der Waals surface area contributed by atoms with Crippen LogP contribution in [0.25, 0.3) is 10.8 Å². The van der Waals surface area contributed by atoms with Crippen LogP contribution in [0.1, 0.15) is 36.3 Å². The van der Waals surface area contributed by atoms with E-state index in [1.54, 1.807) is 12.1 Å². The summed E-state index contributed by atoms with van der Waals surface area (Å²) in [6, 6.07) is 23.0. The van der Waals surface area contributed by atoms with Gasteiger partial charge in [-0.15, -0.1) is 0 Å². The Balaban J connectivity index is 1.11. The highest BCUT2D eigenvalue weighted by Crippen LogP contribution is 2.40. The standard InChI is InChI=1S/C26H29FN2/c27-23-14-21-8-4-5-9-24(21)22(15-23)18-29-12-10-19(11-13-29)17-28-26-16-25(26)20-6-2-1-3-7-20/h1-9,14-15,19,25-26,28H,10-13,16-18H2. The van der Waals surface area contributed by atoms with Crippen LogP contribution >= 0.6 is 0 Å². The minimum absolute atomic E-state index is 0.129. The second-order valence-corrected chi connectivity index (χ2v) is 8.77. The van der Waals surface area contributed by atoms with E-state index in [-0.39, 0.29) is 5.82 Å². The fourth-order valence-electron chi connectivity index (χ4n) is 4.88. The van der Waals surface area contributed by atoms with Crippen LogP contribution in [0.4, 0.5) is 4.39 Å². The van der Waals surface area contributed by atoms with E-state index in [0.29, 0.717) is 12.0 Å². The second-order valence-electron chi connectivity index (χ2n) is 8.77. The van der Waals surface area contributed by atoms with Crippen molar-refractivity contribution in [3.05, 3.63) is 83.7 Å². The van der Waals surface area contributed by atoms with Gasteiger partial charge in [0.1, 0.15) is 5.82 Å². The Morgan fingerprint density at radius 2 is 1.69 bits per heavy atom. The number of nitrogens with zero attached hydrogens (tertiary/aromatic N) is 1. The number of piperidine rings is 1. The maximum absolute atomic E-state index is 14.0. The van der Waals surface area contributed by atoms with Gasteiger partial charge in [-0.3, -0.25) is 4.90 Å². The Hall–Kier alpha value is -2.23. The molecule has 3 heteroatoms. The predicted molar refractivity (Wildman–Crippen MR) is 117 cm³/mol. The Morgan fingerprint density at radius 1 is 0.931 bits per heavy atom. The molecular formula is C26H29FN2. The SMILES string of the molecule is Fc1cc(CN2CCC(CNC3CC3c3ccccc3)CC2)c2ccccc2c1. The zero-order chi connectivity index (χ0) is 19.6. The molecule has 0 spiro atoms. The van der Waals surface area contributed by atoms with Crippen LogP contribution in [0.2, 0.25) is 0 Å². The van der Waals surface area contributed by atoms with Crippen molar-refractivity contribution in [3.8, 4) is 0 Å². The van der Waals surface area contributed by atoms with E-state index in [4.69, 9.17) is 0 Å². The Bertz CT molecular complexity index is 963. The van der Waals surface area contributed by atoms with Gasteiger partial charge in [0.25, 0.3) is 0 Å². The van der Waals surface area contributed by atoms with Gasteiger partial charge < -0.3 is 5.32 Å². The molecular weight excluding hydrogens is 359 g/mol. The Labute approximate surface area is 172 Å². The summed E-state index contributed by atoms with van der Waals surface area (Å²) >= 11 is 0. The van der Waals surface area contributed by atoms with Crippen molar-refractivity contribution in [3.63, 3.8) is 0 Å². The third-order valence-electron chi connectivity index (χ3n) is 6.70. The van der Waals surface area contributed by atoms with Crippen molar-refractivity contribution in [2.45, 2.75) is 37.8 Å². The molecule has 1 saturated carbocycles. The lowest BCUT2D eigenvalue weighted by Crippen LogP contribution is -2.37. The zero-order valence-corrected chi connectivity index (χ0v) is 16.9. The highest BCUT2D eigenvalue weighted by atomic mass is 19.1. The first kappa shape index (κ1) is 18.8. The molecule has 2 atom stereocenters. The average Bonchev–Trinajstić information content (AvgIpc) is 3.54. The Morgan fingerprint density at radius 3 is 2.52 bits per heavy atom. The van der Waals surface area contributed by atoms with Crippen molar-refractivity contribution in [2.24, 2.45) is 5.92 Å². The molecule has 1 aliphatic carbocycles. The van der Waals surface area contributed by atoms with E-state index in [0.717, 1.165) is 43.0 Å². The van der Waals surface area contributed by atoms with Gasteiger partial charge in [0.05, 0.1) is 0 Å². The summed E-state index contributed by atoms with van der Waals surface area (Å²) in [5.41, 5.74) is 2.59. The molecule has 1 saturated heterocycles. The number of likely N-dealkylation sites (tertiary alicyclic amines) is 1. The van der Waals surface area contributed by atoms with Crippen LogP contribution in [0.5, 0.6) is 0 Å². The third kappa shape index (κ3) is 4.36. The van der Waals surface area contributed by atoms with Crippen molar-refractivity contribution < 1.29 is 4.39 Å². The summed E-state index contributed by atoms with van der Waals surface area (Å²) in [5.74, 6) is 1.33. The quantitative estimate of drug-likeness (QED) is 0.613. The molecule has 1 aliphatic heterocycles. The average molecular weight is 389 g/mol. The predicted octanol–water partition coefficient (Wildman–Crippen LogP) is 5.34. The molecule has 1 N–H and O–H groups in total. The van der Waals surface area contributed by atoms with Crippen LogP contribution in [0, 0.1) is 11.7 Å². The van der Waals surface area contributed by atoms with E-state index >= 15 is 0 Å². The lowest BCUT2D eigenvalue weighted by Gasteiger charge is -2.32. The van der Waals surface area contributed by atoms with E-state index in [1.807, 2.05) is 18.2 Å². The highest BCUT2D eigenvalue weighted by Gasteiger charge is 2.38. The molecule has 0 amide bonds. The van der Waals surface area contributed by atoms with Crippen LogP contribution < -0.4 is 5.32 Å². The maximum Gasteiger partial charge on any atom is 0.124 e. The summed E-state index contributed by atoms with van der Waals surface area (Å²) in [6.45, 7) is 4.18. The molecule has 3 aromatic rings. The summed E-state index contributed by atoms with van der Waals surface area (Å²) in [7, 11) is 0. The number of fused-ring (bicyclic) bond motifs is 1. The second kappa shape index (κ2) is 8.25. The summed E-state index contributed by atoms with van der Waals surface area (Å²) in [6.07, 6.45) is 3.72. The minimum atomic E-state index is -0.129. The Kier molecular flexibility index (Phi) is 5.34. The number of hydrogen-bond donors (Lipinski definition) is 1. The van der Waals surface area contributed by atoms with Gasteiger partial charge in [-0.25, -0.2) is 4.39 Å². The maximum atomic E-state index is 14.0. The van der Waals surface area contributed by atoms with Gasteiger partial charge >= 0.3 is 0 Å². The largest absolute Gasteiger partial charge is 0.313 e. The molecule has 5 rings (SSSR count). The van der Waals surface area contributed by atoms with Crippen LogP contribution in [0.3, 0.4) is 0 Å². The molecule has 0 aromatic heterocycles. The van der Waals surface area contributed by atoms with Crippen molar-refractivity contribution in [1.29, 1.82) is 0 Å². The van der Waals surface area contributed by atoms with Crippen molar-refractivity contribution >= 4 is 10.8 Å². The normalized spacial score (nSPS) is 22.8. The number of rotatable bonds is 6. The summed E-state index contributed by atoms with van der Waals surface area (Å²) in [4.78, 5) is 2.49. The zero-order valence-electron chi connectivity index (χ0n) is 16.9. The molecule has 29 heavy (non-hydrogen) atoms. The van der Waals surface area contributed by atoms with Gasteiger partial charge in [0.15, 0.2) is 0 Å². The summed E-state index contributed by atoms with van der Waals surface area (Å²) in [5, 5.41) is 5.98. The van der Waals surface area contributed by atoms with E-state index in [2.05, 4.69) is 46.6 Å². The topological polar surface area (TPSA) is 15.3 Å². The van der Waals surface area contributed by atoms with Crippen LogP contribution in [-0.2, 0) is 6.54 Å². The van der Waals surface area contributed by atoms with E-state index in [9.17, 15) is 4.39 Å². The molecule has 2 fully saturated rings. The molecule has 2 aliphatic rings. The van der Waals surface area contributed by atoms with Gasteiger partial charge in [0.2, 0.25) is 0 Å². The first-order valence-electron chi connectivity index (χ1n) is 10.9. The molecule has 0 bridgehead atoms. The van der Waals surface area contributed by atoms with Gasteiger partial charge in [-0.05, 0) is 78.8 Å². The lowest BCUT2D eigenvalue weighted by molar-refractivity contribution is 0.175. The number of halogens is 1. The van der Waals surface area contributed by atoms with Crippen LogP contribution in [0.15, 0.2) is 66.7 Å². The molecule has 150 valence electrons. The summed E-state index contributed by atoms with van der Waals surface area (Å²) < 4.78 is 14.0. The number of nitrogens with one attached hydrogen (secondary N) is 1. The lowest BCUT2D eigenvalue weighted by atomic mass is 9.95. The molecule has 1 heterocycles. The van der Waals surface area contributed by atoms with Gasteiger partial charge in [0, 0.05) is 18.5 Å². The van der Waals surface area contributed by atoms with Gasteiger partial charge in [-0.2, -0.15) is 0 Å². The third-order valence-corrected chi connectivity index (χ3v) is 6.70. The van der Waals surface area contributed by atoms with Crippen LogP contribution in [-0.4, -0.2) is 30.6 Å². The molecule has 0 radical (unpaired) electrons. The molecule has 2 unspecified atom stereocenters. The van der Waals surface area contributed by atoms with Crippen molar-refractivity contribution in [2.75, 3.05) is 19.6 Å². The smallest absolute Gasteiger partial charge is 0.124 e.